The molecule has 3 aromatic carbocycles. The van der Waals surface area contributed by atoms with Crippen molar-refractivity contribution in [1.82, 2.24) is 0 Å². The zero-order valence-corrected chi connectivity index (χ0v) is 17.6. The molecule has 0 fully saturated rings. The molecular formula is C26H20O6. The summed E-state index contributed by atoms with van der Waals surface area (Å²) in [7, 11) is 3.16. The molecule has 0 radical (unpaired) electrons. The number of para-hydroxylation sites is 2. The molecule has 0 unspecified atom stereocenters. The molecule has 2 aliphatic heterocycles. The van der Waals surface area contributed by atoms with E-state index >= 15 is 0 Å². The fraction of sp³-hybridized carbons (Fsp3) is 0.154. The Morgan fingerprint density at radius 1 is 0.875 bits per heavy atom. The van der Waals surface area contributed by atoms with Crippen molar-refractivity contribution in [3.8, 4) is 23.0 Å². The minimum Gasteiger partial charge on any atom is -0.496 e. The second kappa shape index (κ2) is 7.89. The van der Waals surface area contributed by atoms with Crippen LogP contribution in [0.15, 0.2) is 66.4 Å². The number of allylic oxidation sites excluding steroid dienone is 1. The fourth-order valence-corrected chi connectivity index (χ4v) is 4.25. The van der Waals surface area contributed by atoms with Gasteiger partial charge in [-0.3, -0.25) is 9.59 Å². The van der Waals surface area contributed by atoms with Crippen molar-refractivity contribution < 1.29 is 28.5 Å². The normalized spacial score (nSPS) is 17.9. The molecule has 2 aliphatic rings. The van der Waals surface area contributed by atoms with E-state index in [4.69, 9.17) is 18.9 Å². The van der Waals surface area contributed by atoms with Crippen LogP contribution in [-0.2, 0) is 4.79 Å². The van der Waals surface area contributed by atoms with Gasteiger partial charge in [0.1, 0.15) is 23.0 Å². The van der Waals surface area contributed by atoms with Crippen LogP contribution in [0.3, 0.4) is 0 Å². The average Bonchev–Trinajstić information content (AvgIpc) is 3.13. The van der Waals surface area contributed by atoms with Gasteiger partial charge in [-0.15, -0.1) is 0 Å². The zero-order chi connectivity index (χ0) is 22.2. The molecule has 0 saturated heterocycles. The molecular weight excluding hydrogens is 408 g/mol. The summed E-state index contributed by atoms with van der Waals surface area (Å²) < 4.78 is 22.5. The zero-order valence-electron chi connectivity index (χ0n) is 17.6. The van der Waals surface area contributed by atoms with Crippen molar-refractivity contribution in [1.29, 1.82) is 0 Å². The summed E-state index contributed by atoms with van der Waals surface area (Å²) in [6, 6.07) is 18.2. The number of ether oxygens (including phenoxy) is 4. The molecule has 1 atom stereocenters. The van der Waals surface area contributed by atoms with Gasteiger partial charge in [0, 0.05) is 22.6 Å². The molecule has 0 aromatic heterocycles. The minimum atomic E-state index is -0.365. The van der Waals surface area contributed by atoms with Gasteiger partial charge in [-0.1, -0.05) is 36.4 Å². The number of hydrogen-bond donors (Lipinski definition) is 0. The quantitative estimate of drug-likeness (QED) is 0.339. The predicted molar refractivity (Wildman–Crippen MR) is 117 cm³/mol. The largest absolute Gasteiger partial charge is 0.496 e. The van der Waals surface area contributed by atoms with Gasteiger partial charge in [-0.25, -0.2) is 0 Å². The van der Waals surface area contributed by atoms with E-state index in [1.807, 2.05) is 48.5 Å². The molecule has 0 N–H and O–H groups in total. The van der Waals surface area contributed by atoms with Gasteiger partial charge in [0.05, 0.1) is 26.2 Å². The van der Waals surface area contributed by atoms with Gasteiger partial charge in [-0.2, -0.15) is 0 Å². The van der Waals surface area contributed by atoms with Crippen molar-refractivity contribution in [2.45, 2.75) is 12.3 Å². The van der Waals surface area contributed by atoms with E-state index in [1.165, 1.54) is 0 Å². The fourth-order valence-electron chi connectivity index (χ4n) is 4.25. The number of hydrogen-bond acceptors (Lipinski definition) is 6. The first kappa shape index (κ1) is 19.9. The smallest absolute Gasteiger partial charge is 0.312 e. The maximum absolute atomic E-state index is 13.2. The maximum Gasteiger partial charge on any atom is 0.312 e. The highest BCUT2D eigenvalue weighted by molar-refractivity contribution is 6.15. The average molecular weight is 428 g/mol. The Labute approximate surface area is 185 Å². The third kappa shape index (κ3) is 3.21. The molecule has 0 spiro atoms. The van der Waals surface area contributed by atoms with E-state index in [-0.39, 0.29) is 29.9 Å². The van der Waals surface area contributed by atoms with E-state index < -0.39 is 0 Å². The lowest BCUT2D eigenvalue weighted by molar-refractivity contribution is -0.135. The van der Waals surface area contributed by atoms with E-state index in [0.717, 1.165) is 11.1 Å². The molecule has 6 heteroatoms. The lowest BCUT2D eigenvalue weighted by Crippen LogP contribution is -2.22. The summed E-state index contributed by atoms with van der Waals surface area (Å²) in [6.45, 7) is 0. The highest BCUT2D eigenvalue weighted by Gasteiger charge is 2.39. The third-order valence-electron chi connectivity index (χ3n) is 5.72. The Morgan fingerprint density at radius 2 is 1.59 bits per heavy atom. The van der Waals surface area contributed by atoms with Crippen LogP contribution in [0, 0.1) is 0 Å². The van der Waals surface area contributed by atoms with E-state index in [9.17, 15) is 9.59 Å². The van der Waals surface area contributed by atoms with Crippen LogP contribution in [0.5, 0.6) is 23.0 Å². The van der Waals surface area contributed by atoms with Gasteiger partial charge in [0.15, 0.2) is 5.76 Å². The Morgan fingerprint density at radius 3 is 2.38 bits per heavy atom. The molecule has 5 rings (SSSR count). The molecule has 0 saturated carbocycles. The van der Waals surface area contributed by atoms with Gasteiger partial charge >= 0.3 is 5.97 Å². The van der Waals surface area contributed by atoms with E-state index in [1.54, 1.807) is 32.4 Å². The van der Waals surface area contributed by atoms with E-state index in [0.29, 0.717) is 34.1 Å². The second-order valence-electron chi connectivity index (χ2n) is 7.51. The number of carbonyl (C=O) groups excluding carboxylic acids is 2. The van der Waals surface area contributed by atoms with Crippen LogP contribution in [0.1, 0.15) is 39.4 Å². The third-order valence-corrected chi connectivity index (χ3v) is 5.72. The van der Waals surface area contributed by atoms with Crippen LogP contribution >= 0.6 is 0 Å². The number of carbonyl (C=O) groups is 2. The van der Waals surface area contributed by atoms with Crippen molar-refractivity contribution >= 4 is 17.8 Å². The number of fused-ring (bicyclic) bond motifs is 3. The number of methoxy groups -OCH3 is 2. The topological polar surface area (TPSA) is 71.1 Å². The first-order valence-electron chi connectivity index (χ1n) is 10.2. The van der Waals surface area contributed by atoms with Crippen LogP contribution < -0.4 is 18.9 Å². The highest BCUT2D eigenvalue weighted by Crippen LogP contribution is 2.50. The molecule has 160 valence electrons. The Bertz CT molecular complexity index is 1270. The van der Waals surface area contributed by atoms with Crippen molar-refractivity contribution in [2.24, 2.45) is 0 Å². The SMILES string of the molecule is COc1ccccc1/C=C1\Oc2c(ccc3c2[C@H](c2ccccc2OC)CC(=O)O3)C1=O. The number of benzene rings is 3. The van der Waals surface area contributed by atoms with Crippen molar-refractivity contribution in [3.63, 3.8) is 0 Å². The lowest BCUT2D eigenvalue weighted by Gasteiger charge is -2.27. The second-order valence-corrected chi connectivity index (χ2v) is 7.51. The molecule has 0 bridgehead atoms. The Kier molecular flexibility index (Phi) is 4.90. The van der Waals surface area contributed by atoms with Gasteiger partial charge in [0.2, 0.25) is 5.78 Å². The molecule has 0 amide bonds. The number of rotatable bonds is 4. The maximum atomic E-state index is 13.2. The van der Waals surface area contributed by atoms with E-state index in [2.05, 4.69) is 0 Å². The van der Waals surface area contributed by atoms with Gasteiger partial charge in [-0.05, 0) is 30.3 Å². The van der Waals surface area contributed by atoms with Gasteiger partial charge in [0.25, 0.3) is 0 Å². The number of esters is 1. The van der Waals surface area contributed by atoms with Crippen molar-refractivity contribution in [2.75, 3.05) is 14.2 Å². The minimum absolute atomic E-state index is 0.118. The van der Waals surface area contributed by atoms with Crippen LogP contribution in [0.25, 0.3) is 6.08 Å². The lowest BCUT2D eigenvalue weighted by atomic mass is 9.84. The summed E-state index contributed by atoms with van der Waals surface area (Å²) in [5, 5.41) is 0. The molecule has 2 heterocycles. The highest BCUT2D eigenvalue weighted by atomic mass is 16.5. The molecule has 6 nitrogen and oxygen atoms in total. The summed E-state index contributed by atoms with van der Waals surface area (Å²) >= 11 is 0. The summed E-state index contributed by atoms with van der Waals surface area (Å²) in [5.41, 5.74) is 2.67. The number of Topliss-reactive ketones (excluding diaryl/α,β-unsaturated/α-hetero) is 1. The standard InChI is InChI=1S/C26H20O6/c1-29-19-9-5-3-7-15(19)13-22-25(28)17-11-12-21-24(26(17)32-22)18(14-23(27)31-21)16-8-4-6-10-20(16)30-2/h3-13,18H,14H2,1-2H3/b22-13-/t18-/m0/s1. The molecule has 32 heavy (non-hydrogen) atoms. The monoisotopic (exact) mass is 428 g/mol. The summed E-state index contributed by atoms with van der Waals surface area (Å²) in [5.74, 6) is 1.34. The van der Waals surface area contributed by atoms with Crippen LogP contribution in [-0.4, -0.2) is 26.0 Å². The summed E-state index contributed by atoms with van der Waals surface area (Å²) in [4.78, 5) is 25.5. The Balaban J connectivity index is 1.64. The van der Waals surface area contributed by atoms with Gasteiger partial charge < -0.3 is 18.9 Å². The van der Waals surface area contributed by atoms with Crippen molar-refractivity contribution in [3.05, 3.63) is 88.7 Å². The number of ketones is 1. The summed E-state index contributed by atoms with van der Waals surface area (Å²) in [6.07, 6.45) is 1.79. The first-order chi connectivity index (χ1) is 15.6. The predicted octanol–water partition coefficient (Wildman–Crippen LogP) is 4.76. The van der Waals surface area contributed by atoms with Crippen LogP contribution in [0.2, 0.25) is 0 Å². The Hall–Kier alpha value is -4.06. The van der Waals surface area contributed by atoms with Crippen LogP contribution in [0.4, 0.5) is 0 Å². The molecule has 3 aromatic rings. The molecule has 0 aliphatic carbocycles. The first-order valence-corrected chi connectivity index (χ1v) is 10.2.